The van der Waals surface area contributed by atoms with Crippen LogP contribution in [0.3, 0.4) is 0 Å². The molecule has 0 fully saturated rings. The zero-order valence-corrected chi connectivity index (χ0v) is 16.3. The topological polar surface area (TPSA) is 59.1 Å². The summed E-state index contributed by atoms with van der Waals surface area (Å²) in [4.78, 5) is 9.00. The molecule has 0 saturated heterocycles. The lowest BCUT2D eigenvalue weighted by molar-refractivity contribution is 0.414. The average Bonchev–Trinajstić information content (AvgIpc) is 2.65. The van der Waals surface area contributed by atoms with Gasteiger partial charge in [0.25, 0.3) is 0 Å². The summed E-state index contributed by atoms with van der Waals surface area (Å²) < 4.78 is 5.19. The van der Waals surface area contributed by atoms with Crippen LogP contribution in [0.4, 0.5) is 17.3 Å². The first-order valence-corrected chi connectivity index (χ1v) is 9.10. The van der Waals surface area contributed by atoms with Gasteiger partial charge < -0.3 is 15.4 Å². The molecule has 2 N–H and O–H groups in total. The van der Waals surface area contributed by atoms with Gasteiger partial charge in [0.15, 0.2) is 0 Å². The molecular weight excluding hydrogens is 336 g/mol. The van der Waals surface area contributed by atoms with E-state index in [1.807, 2.05) is 25.1 Å². The van der Waals surface area contributed by atoms with Crippen LogP contribution in [0.15, 0.2) is 48.5 Å². The number of hydrogen-bond donors (Lipinski definition) is 2. The van der Waals surface area contributed by atoms with Crippen molar-refractivity contribution < 1.29 is 4.74 Å². The third-order valence-electron chi connectivity index (χ3n) is 4.37. The molecule has 0 saturated carbocycles. The number of aryl methyl sites for hydroxylation is 3. The molecular formula is C22H26N4O. The Kier molecular flexibility index (Phi) is 5.91. The van der Waals surface area contributed by atoms with Crippen LogP contribution in [0, 0.1) is 20.8 Å². The van der Waals surface area contributed by atoms with Gasteiger partial charge in [0, 0.05) is 18.3 Å². The van der Waals surface area contributed by atoms with E-state index in [0.717, 1.165) is 41.9 Å². The minimum Gasteiger partial charge on any atom is -0.497 e. The Morgan fingerprint density at radius 2 is 1.63 bits per heavy atom. The van der Waals surface area contributed by atoms with Crippen molar-refractivity contribution in [2.75, 3.05) is 24.3 Å². The molecule has 5 heteroatoms. The molecule has 0 aliphatic carbocycles. The SMILES string of the molecule is COc1ccc(CCNc2cc(Nc3cc(C)ccc3C)nc(C)n2)cc1. The Hall–Kier alpha value is -3.08. The fourth-order valence-corrected chi connectivity index (χ4v) is 2.86. The molecule has 3 aromatic rings. The van der Waals surface area contributed by atoms with Crippen molar-refractivity contribution in [3.05, 3.63) is 71.0 Å². The maximum absolute atomic E-state index is 5.19. The number of anilines is 3. The summed E-state index contributed by atoms with van der Waals surface area (Å²) >= 11 is 0. The molecule has 0 atom stereocenters. The van der Waals surface area contributed by atoms with Crippen LogP contribution in [-0.2, 0) is 6.42 Å². The van der Waals surface area contributed by atoms with Crippen LogP contribution in [0.5, 0.6) is 5.75 Å². The van der Waals surface area contributed by atoms with Gasteiger partial charge in [-0.2, -0.15) is 0 Å². The van der Waals surface area contributed by atoms with Crippen LogP contribution < -0.4 is 15.4 Å². The predicted molar refractivity (Wildman–Crippen MR) is 111 cm³/mol. The van der Waals surface area contributed by atoms with Crippen molar-refractivity contribution >= 4 is 17.3 Å². The third kappa shape index (κ3) is 5.20. The second kappa shape index (κ2) is 8.54. The molecule has 0 bridgehead atoms. The second-order valence-corrected chi connectivity index (χ2v) is 6.65. The Labute approximate surface area is 160 Å². The zero-order chi connectivity index (χ0) is 19.2. The largest absolute Gasteiger partial charge is 0.497 e. The van der Waals surface area contributed by atoms with Crippen molar-refractivity contribution in [1.82, 2.24) is 9.97 Å². The van der Waals surface area contributed by atoms with Crippen LogP contribution in [0.25, 0.3) is 0 Å². The normalized spacial score (nSPS) is 10.5. The van der Waals surface area contributed by atoms with Gasteiger partial charge in [-0.3, -0.25) is 0 Å². The Morgan fingerprint density at radius 1 is 0.889 bits per heavy atom. The summed E-state index contributed by atoms with van der Waals surface area (Å²) in [7, 11) is 1.68. The molecule has 0 radical (unpaired) electrons. The number of aromatic nitrogens is 2. The van der Waals surface area contributed by atoms with E-state index < -0.39 is 0 Å². The molecule has 0 amide bonds. The highest BCUT2D eigenvalue weighted by Gasteiger charge is 2.05. The number of methoxy groups -OCH3 is 1. The molecule has 1 aromatic heterocycles. The van der Waals surface area contributed by atoms with E-state index in [2.05, 4.69) is 64.8 Å². The van der Waals surface area contributed by atoms with Crippen LogP contribution in [-0.4, -0.2) is 23.6 Å². The zero-order valence-electron chi connectivity index (χ0n) is 16.3. The van der Waals surface area contributed by atoms with E-state index in [1.54, 1.807) is 7.11 Å². The molecule has 0 aliphatic heterocycles. The number of nitrogens with one attached hydrogen (secondary N) is 2. The summed E-state index contributed by atoms with van der Waals surface area (Å²) in [5.41, 5.74) is 4.72. The number of hydrogen-bond acceptors (Lipinski definition) is 5. The van der Waals surface area contributed by atoms with Crippen LogP contribution in [0.1, 0.15) is 22.5 Å². The van der Waals surface area contributed by atoms with E-state index in [-0.39, 0.29) is 0 Å². The van der Waals surface area contributed by atoms with Crippen molar-refractivity contribution in [3.8, 4) is 5.75 Å². The van der Waals surface area contributed by atoms with Gasteiger partial charge in [0.2, 0.25) is 0 Å². The average molecular weight is 362 g/mol. The van der Waals surface area contributed by atoms with Gasteiger partial charge in [-0.1, -0.05) is 24.3 Å². The molecule has 5 nitrogen and oxygen atoms in total. The first-order valence-electron chi connectivity index (χ1n) is 9.10. The number of benzene rings is 2. The smallest absolute Gasteiger partial charge is 0.136 e. The quantitative estimate of drug-likeness (QED) is 0.632. The van der Waals surface area contributed by atoms with Crippen molar-refractivity contribution in [2.24, 2.45) is 0 Å². The predicted octanol–water partition coefficient (Wildman–Crippen LogP) is 4.81. The Balaban J connectivity index is 1.65. The van der Waals surface area contributed by atoms with E-state index in [4.69, 9.17) is 4.74 Å². The lowest BCUT2D eigenvalue weighted by atomic mass is 10.1. The highest BCUT2D eigenvalue weighted by atomic mass is 16.5. The van der Waals surface area contributed by atoms with Gasteiger partial charge in [0.1, 0.15) is 23.2 Å². The van der Waals surface area contributed by atoms with Crippen LogP contribution >= 0.6 is 0 Å². The molecule has 0 unspecified atom stereocenters. The molecule has 0 spiro atoms. The van der Waals surface area contributed by atoms with Gasteiger partial charge >= 0.3 is 0 Å². The van der Waals surface area contributed by atoms with Gasteiger partial charge in [-0.05, 0) is 62.1 Å². The van der Waals surface area contributed by atoms with Gasteiger partial charge in [0.05, 0.1) is 7.11 Å². The minimum atomic E-state index is 0.734. The maximum Gasteiger partial charge on any atom is 0.136 e. The first-order chi connectivity index (χ1) is 13.0. The highest BCUT2D eigenvalue weighted by Crippen LogP contribution is 2.22. The number of rotatable bonds is 7. The monoisotopic (exact) mass is 362 g/mol. The third-order valence-corrected chi connectivity index (χ3v) is 4.37. The highest BCUT2D eigenvalue weighted by molar-refractivity contribution is 5.63. The first kappa shape index (κ1) is 18.7. The second-order valence-electron chi connectivity index (χ2n) is 6.65. The van der Waals surface area contributed by atoms with Crippen molar-refractivity contribution in [3.63, 3.8) is 0 Å². The fraction of sp³-hybridized carbons (Fsp3) is 0.273. The van der Waals surface area contributed by atoms with E-state index in [0.29, 0.717) is 0 Å². The summed E-state index contributed by atoms with van der Waals surface area (Å²) in [5.74, 6) is 3.23. The molecule has 27 heavy (non-hydrogen) atoms. The van der Waals surface area contributed by atoms with E-state index in [1.165, 1.54) is 16.7 Å². The minimum absolute atomic E-state index is 0.734. The molecule has 0 aliphatic rings. The van der Waals surface area contributed by atoms with Gasteiger partial charge in [-0.15, -0.1) is 0 Å². The lowest BCUT2D eigenvalue weighted by Gasteiger charge is -2.12. The summed E-state index contributed by atoms with van der Waals surface area (Å²) in [6, 6.07) is 16.4. The standard InChI is InChI=1S/C22H26N4O/c1-15-5-6-16(2)20(13-15)26-22-14-21(24-17(3)25-22)23-12-11-18-7-9-19(27-4)10-8-18/h5-10,13-14H,11-12H2,1-4H3,(H2,23,24,25,26). The number of ether oxygens (including phenoxy) is 1. The van der Waals surface area contributed by atoms with E-state index in [9.17, 15) is 0 Å². The summed E-state index contributed by atoms with van der Waals surface area (Å²) in [5, 5.41) is 6.80. The van der Waals surface area contributed by atoms with Gasteiger partial charge in [-0.25, -0.2) is 9.97 Å². The van der Waals surface area contributed by atoms with E-state index >= 15 is 0 Å². The summed E-state index contributed by atoms with van der Waals surface area (Å²) in [6.07, 6.45) is 0.910. The Bertz CT molecular complexity index is 907. The molecule has 1 heterocycles. The lowest BCUT2D eigenvalue weighted by Crippen LogP contribution is -2.08. The summed E-state index contributed by atoms with van der Waals surface area (Å²) in [6.45, 7) is 6.88. The van der Waals surface area contributed by atoms with Crippen LogP contribution in [0.2, 0.25) is 0 Å². The van der Waals surface area contributed by atoms with Crippen molar-refractivity contribution in [2.45, 2.75) is 27.2 Å². The molecule has 3 rings (SSSR count). The maximum atomic E-state index is 5.19. The fourth-order valence-electron chi connectivity index (χ4n) is 2.86. The number of nitrogens with zero attached hydrogens (tertiary/aromatic N) is 2. The Morgan fingerprint density at radius 3 is 2.37 bits per heavy atom. The molecule has 2 aromatic carbocycles. The van der Waals surface area contributed by atoms with Crippen molar-refractivity contribution in [1.29, 1.82) is 0 Å². The molecule has 140 valence electrons.